The zero-order valence-corrected chi connectivity index (χ0v) is 6.79. The Balaban J connectivity index is 2.75. The van der Waals surface area contributed by atoms with Crippen LogP contribution in [0.4, 0.5) is 0 Å². The van der Waals surface area contributed by atoms with Crippen LogP contribution in [-0.4, -0.2) is 6.26 Å². The van der Waals surface area contributed by atoms with E-state index in [9.17, 15) is 0 Å². The second kappa shape index (κ2) is 2.48. The fourth-order valence-electron chi connectivity index (χ4n) is 0.606. The van der Waals surface area contributed by atoms with Crippen molar-refractivity contribution in [1.82, 2.24) is 0 Å². The molecule has 0 fully saturated rings. The first kappa shape index (κ1) is 6.75. The number of hydrogen-bond donors (Lipinski definition) is 0. The van der Waals surface area contributed by atoms with Gasteiger partial charge in [0.05, 0.1) is 0 Å². The predicted octanol–water partition coefficient (Wildman–Crippen LogP) is 1.99. The first-order chi connectivity index (χ1) is 4.20. The van der Waals surface area contributed by atoms with Crippen molar-refractivity contribution in [3.63, 3.8) is 0 Å². The molecule has 0 aliphatic carbocycles. The third-order valence-electron chi connectivity index (χ3n) is 1.32. The molecule has 0 saturated heterocycles. The van der Waals surface area contributed by atoms with Gasteiger partial charge in [-0.15, -0.1) is 0 Å². The molecule has 0 radical (unpaired) electrons. The van der Waals surface area contributed by atoms with E-state index in [1.165, 1.54) is 5.57 Å². The Morgan fingerprint density at radius 2 is 2.11 bits per heavy atom. The van der Waals surface area contributed by atoms with Crippen LogP contribution in [0.3, 0.4) is 0 Å². The van der Waals surface area contributed by atoms with Crippen molar-refractivity contribution >= 4 is 11.2 Å². The molecule has 0 amide bonds. The lowest BCUT2D eigenvalue weighted by Crippen LogP contribution is -2.03. The van der Waals surface area contributed by atoms with Crippen molar-refractivity contribution in [3.8, 4) is 0 Å². The minimum Gasteiger partial charge on any atom is -0.285 e. The molecule has 1 nitrogen and oxygen atoms in total. The zero-order chi connectivity index (χ0) is 6.85. The van der Waals surface area contributed by atoms with Crippen LogP contribution in [-0.2, 0) is 15.4 Å². The fourth-order valence-corrected chi connectivity index (χ4v) is 1.58. The maximum atomic E-state index is 5.42. The van der Waals surface area contributed by atoms with E-state index < -0.39 is 0 Å². The van der Waals surface area contributed by atoms with Crippen molar-refractivity contribution in [3.05, 3.63) is 22.8 Å². The van der Waals surface area contributed by atoms with Gasteiger partial charge in [0, 0.05) is 0 Å². The molecule has 9 heavy (non-hydrogen) atoms. The highest BCUT2D eigenvalue weighted by molar-refractivity contribution is 7.94. The average Bonchev–Trinajstić information content (AvgIpc) is 1.80. The van der Waals surface area contributed by atoms with Crippen molar-refractivity contribution < 1.29 is 4.18 Å². The second-order valence-electron chi connectivity index (χ2n) is 2.12. The summed E-state index contributed by atoms with van der Waals surface area (Å²) in [6, 6.07) is 0. The lowest BCUT2D eigenvalue weighted by Gasteiger charge is -2.05. The molecule has 0 spiro atoms. The molecule has 0 bridgehead atoms. The van der Waals surface area contributed by atoms with Crippen molar-refractivity contribution in [2.45, 2.75) is 13.8 Å². The second-order valence-corrected chi connectivity index (χ2v) is 3.56. The molecular formula is C7H11OS+. The number of hydrogen-bond acceptors (Lipinski definition) is 1. The summed E-state index contributed by atoms with van der Waals surface area (Å²) in [6.45, 7) is 4.06. The van der Waals surface area contributed by atoms with Crippen molar-refractivity contribution in [2.24, 2.45) is 0 Å². The highest BCUT2D eigenvalue weighted by Crippen LogP contribution is 2.17. The summed E-state index contributed by atoms with van der Waals surface area (Å²) in [6.07, 6.45) is 4.17. The van der Waals surface area contributed by atoms with E-state index in [4.69, 9.17) is 4.18 Å². The normalized spacial score (nSPS) is 26.3. The van der Waals surface area contributed by atoms with Crippen LogP contribution in [0.25, 0.3) is 0 Å². The van der Waals surface area contributed by atoms with Crippen LogP contribution in [0.15, 0.2) is 22.8 Å². The van der Waals surface area contributed by atoms with Crippen LogP contribution < -0.4 is 0 Å². The summed E-state index contributed by atoms with van der Waals surface area (Å²) in [7, 11) is 0. The summed E-state index contributed by atoms with van der Waals surface area (Å²) in [4.78, 5) is 0. The summed E-state index contributed by atoms with van der Waals surface area (Å²) >= 11 is 0.0206. The molecular weight excluding hydrogens is 132 g/mol. The summed E-state index contributed by atoms with van der Waals surface area (Å²) in [5, 5.41) is 2.09. The van der Waals surface area contributed by atoms with E-state index in [2.05, 4.69) is 24.7 Å². The molecule has 1 rings (SSSR count). The fraction of sp³-hybridized carbons (Fsp3) is 0.429. The molecule has 0 saturated carbocycles. The van der Waals surface area contributed by atoms with Gasteiger partial charge in [-0.2, -0.15) is 0 Å². The lowest BCUT2D eigenvalue weighted by molar-refractivity contribution is 0.484. The largest absolute Gasteiger partial charge is 0.285 e. The zero-order valence-electron chi connectivity index (χ0n) is 5.97. The minimum absolute atomic E-state index is 0.0206. The van der Waals surface area contributed by atoms with Gasteiger partial charge >= 0.3 is 0 Å². The molecule has 1 heterocycles. The van der Waals surface area contributed by atoms with E-state index in [0.29, 0.717) is 0 Å². The SMILES string of the molecule is CC1=C(C)O[S+](C)C=C1. The van der Waals surface area contributed by atoms with E-state index in [0.717, 1.165) is 5.76 Å². The summed E-state index contributed by atoms with van der Waals surface area (Å²) in [5.41, 5.74) is 1.24. The van der Waals surface area contributed by atoms with Crippen molar-refractivity contribution in [2.75, 3.05) is 6.26 Å². The third kappa shape index (κ3) is 1.52. The van der Waals surface area contributed by atoms with Gasteiger partial charge in [-0.3, -0.25) is 4.18 Å². The molecule has 1 aliphatic rings. The molecule has 0 aromatic carbocycles. The molecule has 50 valence electrons. The highest BCUT2D eigenvalue weighted by atomic mass is 32.2. The smallest absolute Gasteiger partial charge is 0.224 e. The summed E-state index contributed by atoms with van der Waals surface area (Å²) < 4.78 is 5.42. The lowest BCUT2D eigenvalue weighted by atomic mass is 10.3. The quantitative estimate of drug-likeness (QED) is 0.471. The topological polar surface area (TPSA) is 9.23 Å². The monoisotopic (exact) mass is 143 g/mol. The van der Waals surface area contributed by atoms with E-state index >= 15 is 0 Å². The minimum atomic E-state index is 0.0206. The molecule has 2 heteroatoms. The highest BCUT2D eigenvalue weighted by Gasteiger charge is 2.15. The number of rotatable bonds is 0. The predicted molar refractivity (Wildman–Crippen MR) is 41.9 cm³/mol. The van der Waals surface area contributed by atoms with Gasteiger partial charge in [-0.05, 0) is 25.5 Å². The number of allylic oxidation sites excluding steroid dienone is 3. The Bertz CT molecular complexity index is 170. The standard InChI is InChI=1S/C7H11OS/c1-6-4-5-9(3)8-7(6)2/h4-5H,1-3H3/q+1. The van der Waals surface area contributed by atoms with Crippen LogP contribution in [0, 0.1) is 0 Å². The van der Waals surface area contributed by atoms with E-state index in [1.807, 2.05) is 6.92 Å². The van der Waals surface area contributed by atoms with Gasteiger partial charge in [0.25, 0.3) is 0 Å². The van der Waals surface area contributed by atoms with Gasteiger partial charge in [0.15, 0.2) is 11.2 Å². The van der Waals surface area contributed by atoms with Crippen LogP contribution >= 0.6 is 0 Å². The molecule has 0 N–H and O–H groups in total. The Kier molecular flexibility index (Phi) is 1.86. The van der Waals surface area contributed by atoms with Gasteiger partial charge in [0.1, 0.15) is 6.26 Å². The molecule has 0 aromatic rings. The molecule has 1 unspecified atom stereocenters. The maximum absolute atomic E-state index is 5.42. The molecule has 1 aliphatic heterocycles. The molecule has 1 atom stereocenters. The van der Waals surface area contributed by atoms with Crippen LogP contribution in [0.5, 0.6) is 0 Å². The van der Waals surface area contributed by atoms with E-state index in [-0.39, 0.29) is 11.2 Å². The molecule has 0 aromatic heterocycles. The Hall–Kier alpha value is -0.370. The van der Waals surface area contributed by atoms with Crippen molar-refractivity contribution in [1.29, 1.82) is 0 Å². The van der Waals surface area contributed by atoms with Crippen LogP contribution in [0.1, 0.15) is 13.8 Å². The van der Waals surface area contributed by atoms with Gasteiger partial charge < -0.3 is 0 Å². The maximum Gasteiger partial charge on any atom is 0.224 e. The first-order valence-corrected chi connectivity index (χ1v) is 4.51. The van der Waals surface area contributed by atoms with Gasteiger partial charge in [-0.1, -0.05) is 0 Å². The van der Waals surface area contributed by atoms with E-state index in [1.54, 1.807) is 0 Å². The van der Waals surface area contributed by atoms with Gasteiger partial charge in [-0.25, -0.2) is 0 Å². The van der Waals surface area contributed by atoms with Gasteiger partial charge in [0.2, 0.25) is 11.2 Å². The Morgan fingerprint density at radius 3 is 2.56 bits per heavy atom. The Morgan fingerprint density at radius 1 is 1.44 bits per heavy atom. The Labute approximate surface area is 59.0 Å². The average molecular weight is 143 g/mol. The van der Waals surface area contributed by atoms with Crippen LogP contribution in [0.2, 0.25) is 0 Å². The third-order valence-corrected chi connectivity index (χ3v) is 2.35. The first-order valence-electron chi connectivity index (χ1n) is 2.89. The summed E-state index contributed by atoms with van der Waals surface area (Å²) in [5.74, 6) is 1.06.